The third-order valence-corrected chi connectivity index (χ3v) is 3.42. The third kappa shape index (κ3) is 2.20. The molecule has 104 valence electrons. The summed E-state index contributed by atoms with van der Waals surface area (Å²) in [6.45, 7) is 0. The zero-order valence-electron chi connectivity index (χ0n) is 10.1. The van der Waals surface area contributed by atoms with E-state index in [1.165, 1.54) is 10.9 Å². The second-order valence-electron chi connectivity index (χ2n) is 4.13. The van der Waals surface area contributed by atoms with Crippen molar-refractivity contribution in [2.24, 2.45) is 0 Å². The molecule has 0 amide bonds. The molecule has 0 saturated carbocycles. The molecule has 21 heavy (non-hydrogen) atoms. The predicted molar refractivity (Wildman–Crippen MR) is 73.5 cm³/mol. The molecule has 0 aliphatic rings. The largest absolute Gasteiger partial charge is 0.241 e. The molecule has 0 N–H and O–H groups in total. The van der Waals surface area contributed by atoms with Crippen LogP contribution in [0.5, 0.6) is 0 Å². The van der Waals surface area contributed by atoms with Crippen molar-refractivity contribution < 1.29 is 8.78 Å². The van der Waals surface area contributed by atoms with Crippen molar-refractivity contribution in [1.29, 1.82) is 5.26 Å². The van der Waals surface area contributed by atoms with Crippen molar-refractivity contribution in [3.8, 4) is 11.8 Å². The maximum atomic E-state index is 13.7. The Kier molecular flexibility index (Phi) is 3.24. The Bertz CT molecular complexity index is 876. The molecule has 0 atom stereocenters. The third-order valence-electron chi connectivity index (χ3n) is 2.83. The monoisotopic (exact) mass is 324 g/mol. The van der Waals surface area contributed by atoms with Gasteiger partial charge in [0, 0.05) is 6.20 Å². The Labute approximate surface area is 127 Å². The lowest BCUT2D eigenvalue weighted by Crippen LogP contribution is -2.00. The van der Waals surface area contributed by atoms with E-state index >= 15 is 0 Å². The topological polar surface area (TPSA) is 54.5 Å². The number of hydrogen-bond acceptors (Lipinski definition) is 3. The van der Waals surface area contributed by atoms with Gasteiger partial charge in [-0.1, -0.05) is 23.2 Å². The van der Waals surface area contributed by atoms with Crippen LogP contribution in [0.1, 0.15) is 5.56 Å². The molecule has 8 heteroatoms. The Hall–Kier alpha value is -2.23. The molecule has 0 spiro atoms. The molecular formula is C13H4Cl2F2N4. The first-order valence-corrected chi connectivity index (χ1v) is 6.35. The van der Waals surface area contributed by atoms with Crippen LogP contribution >= 0.6 is 23.2 Å². The quantitative estimate of drug-likeness (QED) is 0.638. The number of nitriles is 1. The summed E-state index contributed by atoms with van der Waals surface area (Å²) in [4.78, 5) is 3.67. The Morgan fingerprint density at radius 1 is 1.24 bits per heavy atom. The molecule has 3 rings (SSSR count). The van der Waals surface area contributed by atoms with Crippen LogP contribution in [0.3, 0.4) is 0 Å². The van der Waals surface area contributed by atoms with E-state index in [9.17, 15) is 8.78 Å². The molecule has 0 aliphatic heterocycles. The predicted octanol–water partition coefficient (Wildman–Crippen LogP) is 3.88. The standard InChI is InChI=1S/C13H4Cl2F2N4/c14-9-2-7(16)1-6(3-18)12(9)21-5-8-11(20-21)10(17)4-19-13(8)15/h1-2,4-5H. The number of halogens is 4. The first-order chi connectivity index (χ1) is 10.0. The summed E-state index contributed by atoms with van der Waals surface area (Å²) in [5.41, 5.74) is 0.101. The van der Waals surface area contributed by atoms with Crippen molar-refractivity contribution >= 4 is 34.1 Å². The fraction of sp³-hybridized carbons (Fsp3) is 0. The summed E-state index contributed by atoms with van der Waals surface area (Å²) < 4.78 is 28.2. The number of benzene rings is 1. The molecule has 3 aromatic rings. The molecule has 0 unspecified atom stereocenters. The number of rotatable bonds is 1. The smallest absolute Gasteiger partial charge is 0.169 e. The molecule has 0 aliphatic carbocycles. The summed E-state index contributed by atoms with van der Waals surface area (Å²) in [5.74, 6) is -1.31. The molecule has 0 bridgehead atoms. The van der Waals surface area contributed by atoms with Crippen LogP contribution in [-0.4, -0.2) is 14.8 Å². The van der Waals surface area contributed by atoms with E-state index in [0.29, 0.717) is 0 Å². The Morgan fingerprint density at radius 2 is 2.00 bits per heavy atom. The minimum Gasteiger partial charge on any atom is -0.241 e. The summed E-state index contributed by atoms with van der Waals surface area (Å²) in [5, 5.41) is 13.4. The van der Waals surface area contributed by atoms with Gasteiger partial charge in [-0.05, 0) is 12.1 Å². The molecule has 0 fully saturated rings. The normalized spacial score (nSPS) is 10.8. The zero-order valence-corrected chi connectivity index (χ0v) is 11.6. The van der Waals surface area contributed by atoms with Crippen molar-refractivity contribution in [3.05, 3.63) is 51.9 Å². The second-order valence-corrected chi connectivity index (χ2v) is 4.89. The molecular weight excluding hydrogens is 321 g/mol. The highest BCUT2D eigenvalue weighted by molar-refractivity contribution is 6.34. The average molecular weight is 325 g/mol. The van der Waals surface area contributed by atoms with Gasteiger partial charge in [-0.2, -0.15) is 10.4 Å². The van der Waals surface area contributed by atoms with Crippen molar-refractivity contribution in [1.82, 2.24) is 14.8 Å². The number of hydrogen-bond donors (Lipinski definition) is 0. The molecule has 2 aromatic heterocycles. The van der Waals surface area contributed by atoms with Crippen LogP contribution in [0.15, 0.2) is 24.5 Å². The van der Waals surface area contributed by atoms with Crippen molar-refractivity contribution in [2.75, 3.05) is 0 Å². The maximum absolute atomic E-state index is 13.7. The van der Waals surface area contributed by atoms with E-state index in [4.69, 9.17) is 28.5 Å². The molecule has 0 radical (unpaired) electrons. The van der Waals surface area contributed by atoms with Gasteiger partial charge < -0.3 is 0 Å². The average Bonchev–Trinajstić information content (AvgIpc) is 2.88. The summed E-state index contributed by atoms with van der Waals surface area (Å²) in [7, 11) is 0. The van der Waals surface area contributed by atoms with Crippen LogP contribution in [0.2, 0.25) is 10.2 Å². The Morgan fingerprint density at radius 3 is 2.67 bits per heavy atom. The van der Waals surface area contributed by atoms with Gasteiger partial charge in [0.1, 0.15) is 28.2 Å². The van der Waals surface area contributed by atoms with Gasteiger partial charge in [0.15, 0.2) is 5.82 Å². The van der Waals surface area contributed by atoms with Crippen LogP contribution in [0.4, 0.5) is 8.78 Å². The van der Waals surface area contributed by atoms with Gasteiger partial charge >= 0.3 is 0 Å². The Balaban J connectivity index is 2.34. The van der Waals surface area contributed by atoms with Crippen LogP contribution in [0, 0.1) is 23.0 Å². The number of fused-ring (bicyclic) bond motifs is 1. The van der Waals surface area contributed by atoms with Crippen molar-refractivity contribution in [3.63, 3.8) is 0 Å². The fourth-order valence-corrected chi connectivity index (χ4v) is 2.42. The maximum Gasteiger partial charge on any atom is 0.169 e. The van der Waals surface area contributed by atoms with Gasteiger partial charge in [-0.15, -0.1) is 0 Å². The van der Waals surface area contributed by atoms with Gasteiger partial charge in [-0.25, -0.2) is 18.4 Å². The highest BCUT2D eigenvalue weighted by Gasteiger charge is 2.17. The lowest BCUT2D eigenvalue weighted by Gasteiger charge is -2.06. The first kappa shape index (κ1) is 13.7. The lowest BCUT2D eigenvalue weighted by atomic mass is 10.2. The van der Waals surface area contributed by atoms with Crippen LogP contribution in [-0.2, 0) is 0 Å². The number of pyridine rings is 1. The minimum atomic E-state index is -0.662. The number of aromatic nitrogens is 3. The van der Waals surface area contributed by atoms with E-state index < -0.39 is 11.6 Å². The number of nitrogens with zero attached hydrogens (tertiary/aromatic N) is 4. The lowest BCUT2D eigenvalue weighted by molar-refractivity contribution is 0.625. The van der Waals surface area contributed by atoms with E-state index in [2.05, 4.69) is 10.1 Å². The SMILES string of the molecule is N#Cc1cc(F)cc(Cl)c1-n1cc2c(Cl)ncc(F)c2n1. The summed E-state index contributed by atoms with van der Waals surface area (Å²) >= 11 is 11.8. The summed E-state index contributed by atoms with van der Waals surface area (Å²) in [6, 6.07) is 3.88. The van der Waals surface area contributed by atoms with E-state index in [0.717, 1.165) is 18.3 Å². The molecule has 2 heterocycles. The van der Waals surface area contributed by atoms with E-state index in [-0.39, 0.29) is 32.3 Å². The molecule has 0 saturated heterocycles. The highest BCUT2D eigenvalue weighted by Crippen LogP contribution is 2.29. The van der Waals surface area contributed by atoms with Crippen LogP contribution in [0.25, 0.3) is 16.6 Å². The van der Waals surface area contributed by atoms with Crippen LogP contribution < -0.4 is 0 Å². The molecule has 1 aromatic carbocycles. The summed E-state index contributed by atoms with van der Waals surface area (Å²) in [6.07, 6.45) is 2.33. The van der Waals surface area contributed by atoms with E-state index in [1.807, 2.05) is 6.07 Å². The second kappa shape index (κ2) is 4.95. The van der Waals surface area contributed by atoms with Gasteiger partial charge in [0.05, 0.1) is 22.2 Å². The van der Waals surface area contributed by atoms with Crippen molar-refractivity contribution in [2.45, 2.75) is 0 Å². The van der Waals surface area contributed by atoms with Gasteiger partial charge in [0.25, 0.3) is 0 Å². The van der Waals surface area contributed by atoms with Gasteiger partial charge in [0.2, 0.25) is 0 Å². The first-order valence-electron chi connectivity index (χ1n) is 5.60. The minimum absolute atomic E-state index is 0.0146. The fourth-order valence-electron chi connectivity index (χ4n) is 1.94. The molecule has 4 nitrogen and oxygen atoms in total. The van der Waals surface area contributed by atoms with E-state index in [1.54, 1.807) is 0 Å². The highest BCUT2D eigenvalue weighted by atomic mass is 35.5. The van der Waals surface area contributed by atoms with Gasteiger partial charge in [-0.3, -0.25) is 0 Å². The zero-order chi connectivity index (χ0) is 15.1.